The Kier molecular flexibility index (Phi) is 1.51. The summed E-state index contributed by atoms with van der Waals surface area (Å²) in [6.07, 6.45) is 3.22. The molecule has 0 bridgehead atoms. The number of rotatable bonds is 0. The van der Waals surface area contributed by atoms with Crippen molar-refractivity contribution in [3.05, 3.63) is 17.5 Å². The summed E-state index contributed by atoms with van der Waals surface area (Å²) in [7, 11) is 0. The van der Waals surface area contributed by atoms with Gasteiger partial charge in [0.1, 0.15) is 0 Å². The minimum absolute atomic E-state index is 0.193. The van der Waals surface area contributed by atoms with Gasteiger partial charge >= 0.3 is 0 Å². The van der Waals surface area contributed by atoms with Gasteiger partial charge in [0.15, 0.2) is 0 Å². The van der Waals surface area contributed by atoms with Crippen molar-refractivity contribution in [2.75, 3.05) is 0 Å². The first kappa shape index (κ1) is 7.80. The van der Waals surface area contributed by atoms with Gasteiger partial charge in [0, 0.05) is 11.3 Å². The van der Waals surface area contributed by atoms with E-state index in [0.29, 0.717) is 0 Å². The maximum Gasteiger partial charge on any atom is 0.0828 e. The Morgan fingerprint density at radius 1 is 1.67 bits per heavy atom. The average molecular weight is 166 g/mol. The number of fused-ring (bicyclic) bond motifs is 1. The van der Waals surface area contributed by atoms with Crippen LogP contribution in [0.25, 0.3) is 0 Å². The second kappa shape index (κ2) is 2.33. The van der Waals surface area contributed by atoms with Crippen LogP contribution >= 0.6 is 0 Å². The Bertz CT molecular complexity index is 290. The maximum absolute atomic E-state index is 9.73. The van der Waals surface area contributed by atoms with Crippen molar-refractivity contribution in [2.24, 2.45) is 5.41 Å². The summed E-state index contributed by atoms with van der Waals surface area (Å²) in [6, 6.07) is 0. The average Bonchev–Trinajstić information content (AvgIpc) is 2.31. The van der Waals surface area contributed by atoms with E-state index in [1.165, 1.54) is 0 Å². The smallest absolute Gasteiger partial charge is 0.0828 e. The molecule has 0 saturated heterocycles. The third kappa shape index (κ3) is 1.14. The molecule has 2 rings (SSSR count). The van der Waals surface area contributed by atoms with Gasteiger partial charge in [0.2, 0.25) is 0 Å². The first-order valence-electron chi connectivity index (χ1n) is 4.29. The fourth-order valence-corrected chi connectivity index (χ4v) is 1.94. The van der Waals surface area contributed by atoms with E-state index < -0.39 is 0 Å². The quantitative estimate of drug-likeness (QED) is 0.612. The van der Waals surface area contributed by atoms with Gasteiger partial charge in [-0.05, 0) is 18.3 Å². The van der Waals surface area contributed by atoms with Crippen molar-refractivity contribution in [3.63, 3.8) is 0 Å². The highest BCUT2D eigenvalue weighted by Crippen LogP contribution is 2.39. The highest BCUT2D eigenvalue weighted by Gasteiger charge is 2.32. The van der Waals surface area contributed by atoms with Crippen molar-refractivity contribution in [1.82, 2.24) is 10.2 Å². The van der Waals surface area contributed by atoms with Crippen LogP contribution in [0.15, 0.2) is 6.20 Å². The van der Waals surface area contributed by atoms with Gasteiger partial charge < -0.3 is 5.11 Å². The van der Waals surface area contributed by atoms with E-state index in [-0.39, 0.29) is 11.5 Å². The molecule has 0 unspecified atom stereocenters. The normalized spacial score (nSPS) is 26.8. The van der Waals surface area contributed by atoms with E-state index in [1.54, 1.807) is 6.20 Å². The van der Waals surface area contributed by atoms with Gasteiger partial charge in [0.05, 0.1) is 12.3 Å². The molecule has 2 N–H and O–H groups in total. The zero-order valence-electron chi connectivity index (χ0n) is 7.46. The lowest BCUT2D eigenvalue weighted by molar-refractivity contribution is 0.0993. The number of hydrogen-bond donors (Lipinski definition) is 2. The van der Waals surface area contributed by atoms with Crippen molar-refractivity contribution in [1.29, 1.82) is 0 Å². The number of hydrogen-bond acceptors (Lipinski definition) is 2. The Labute approximate surface area is 71.8 Å². The van der Waals surface area contributed by atoms with Crippen LogP contribution in [0.2, 0.25) is 0 Å². The third-order valence-electron chi connectivity index (χ3n) is 2.51. The summed E-state index contributed by atoms with van der Waals surface area (Å²) in [4.78, 5) is 0. The molecule has 0 aliphatic heterocycles. The number of aromatic nitrogens is 2. The molecule has 0 fully saturated rings. The number of nitrogens with one attached hydrogen (secondary N) is 1. The van der Waals surface area contributed by atoms with Crippen LogP contribution < -0.4 is 0 Å². The van der Waals surface area contributed by atoms with Crippen molar-refractivity contribution in [3.8, 4) is 0 Å². The molecule has 1 aromatic rings. The van der Waals surface area contributed by atoms with Crippen LogP contribution in [0.1, 0.15) is 37.6 Å². The number of aromatic amines is 1. The van der Waals surface area contributed by atoms with Crippen molar-refractivity contribution >= 4 is 0 Å². The zero-order valence-corrected chi connectivity index (χ0v) is 7.46. The second-order valence-electron chi connectivity index (χ2n) is 4.36. The van der Waals surface area contributed by atoms with E-state index in [9.17, 15) is 5.11 Å². The van der Waals surface area contributed by atoms with Crippen molar-refractivity contribution in [2.45, 2.75) is 32.8 Å². The van der Waals surface area contributed by atoms with Gasteiger partial charge in [-0.2, -0.15) is 5.10 Å². The van der Waals surface area contributed by atoms with E-state index in [4.69, 9.17) is 0 Å². The first-order valence-corrected chi connectivity index (χ1v) is 4.29. The minimum Gasteiger partial charge on any atom is -0.388 e. The number of H-pyrrole nitrogens is 1. The van der Waals surface area contributed by atoms with E-state index in [0.717, 1.165) is 24.1 Å². The van der Waals surface area contributed by atoms with E-state index >= 15 is 0 Å². The lowest BCUT2D eigenvalue weighted by Crippen LogP contribution is -2.24. The fraction of sp³-hybridized carbons (Fsp3) is 0.667. The number of aliphatic hydroxyl groups excluding tert-OH is 1. The fourth-order valence-electron chi connectivity index (χ4n) is 1.94. The predicted octanol–water partition coefficient (Wildman–Crippen LogP) is 1.42. The van der Waals surface area contributed by atoms with E-state index in [2.05, 4.69) is 24.0 Å². The van der Waals surface area contributed by atoms with Gasteiger partial charge in [-0.3, -0.25) is 5.10 Å². The maximum atomic E-state index is 9.73. The van der Waals surface area contributed by atoms with Crippen molar-refractivity contribution < 1.29 is 5.11 Å². The largest absolute Gasteiger partial charge is 0.388 e. The monoisotopic (exact) mass is 166 g/mol. The summed E-state index contributed by atoms with van der Waals surface area (Å²) in [5.74, 6) is 0. The van der Waals surface area contributed by atoms with Crippen LogP contribution in [0.4, 0.5) is 0 Å². The number of nitrogens with zero attached hydrogens (tertiary/aromatic N) is 1. The molecular formula is C9H14N2O. The van der Waals surface area contributed by atoms with Gasteiger partial charge in [-0.25, -0.2) is 0 Å². The third-order valence-corrected chi connectivity index (χ3v) is 2.51. The molecule has 66 valence electrons. The molecule has 3 nitrogen and oxygen atoms in total. The molecule has 1 atom stereocenters. The van der Waals surface area contributed by atoms with Crippen LogP contribution in [0.5, 0.6) is 0 Å². The summed E-state index contributed by atoms with van der Waals surface area (Å²) >= 11 is 0. The summed E-state index contributed by atoms with van der Waals surface area (Å²) < 4.78 is 0. The Balaban J connectivity index is 2.38. The standard InChI is InChI=1S/C9H14N2O/c1-9(2)3-7-6(5-10-11-7)8(12)4-9/h5,8,12H,3-4H2,1-2H3,(H,10,11)/t8-/m1/s1. The molecule has 0 amide bonds. The van der Waals surface area contributed by atoms with Crippen LogP contribution in [0.3, 0.4) is 0 Å². The molecule has 1 aromatic heterocycles. The highest BCUT2D eigenvalue weighted by atomic mass is 16.3. The van der Waals surface area contributed by atoms with Gasteiger partial charge in [-0.15, -0.1) is 0 Å². The van der Waals surface area contributed by atoms with E-state index in [1.807, 2.05) is 0 Å². The number of aliphatic hydroxyl groups is 1. The Hall–Kier alpha value is -0.830. The molecular weight excluding hydrogens is 152 g/mol. The molecule has 1 heterocycles. The summed E-state index contributed by atoms with van der Waals surface area (Å²) in [5.41, 5.74) is 2.27. The molecule has 0 radical (unpaired) electrons. The lowest BCUT2D eigenvalue weighted by Gasteiger charge is -2.31. The predicted molar refractivity (Wildman–Crippen MR) is 45.6 cm³/mol. The highest BCUT2D eigenvalue weighted by molar-refractivity contribution is 5.23. The summed E-state index contributed by atoms with van der Waals surface area (Å²) in [6.45, 7) is 4.33. The molecule has 3 heteroatoms. The molecule has 0 spiro atoms. The Morgan fingerprint density at radius 2 is 2.42 bits per heavy atom. The second-order valence-corrected chi connectivity index (χ2v) is 4.36. The van der Waals surface area contributed by atoms with Crippen LogP contribution in [0, 0.1) is 5.41 Å². The molecule has 0 aromatic carbocycles. The SMILES string of the molecule is CC1(C)Cc2[nH]ncc2[C@H](O)C1. The van der Waals surface area contributed by atoms with Crippen LogP contribution in [-0.4, -0.2) is 15.3 Å². The van der Waals surface area contributed by atoms with Gasteiger partial charge in [0.25, 0.3) is 0 Å². The minimum atomic E-state index is -0.331. The molecule has 0 saturated carbocycles. The zero-order chi connectivity index (χ0) is 8.77. The molecule has 1 aliphatic rings. The lowest BCUT2D eigenvalue weighted by atomic mass is 9.76. The molecule has 1 aliphatic carbocycles. The topological polar surface area (TPSA) is 48.9 Å². The van der Waals surface area contributed by atoms with Crippen LogP contribution in [-0.2, 0) is 6.42 Å². The van der Waals surface area contributed by atoms with Gasteiger partial charge in [-0.1, -0.05) is 13.8 Å². The first-order chi connectivity index (χ1) is 5.58. The summed E-state index contributed by atoms with van der Waals surface area (Å²) in [5, 5.41) is 16.6. The molecule has 12 heavy (non-hydrogen) atoms. The Morgan fingerprint density at radius 3 is 3.17 bits per heavy atom.